The highest BCUT2D eigenvalue weighted by Crippen LogP contribution is 2.33. The van der Waals surface area contributed by atoms with Crippen molar-refractivity contribution in [1.82, 2.24) is 9.13 Å². The largest absolute Gasteiger partial charge is 0.383 e. The molecule has 1 aliphatic rings. The molecule has 1 aromatic carbocycles. The highest BCUT2D eigenvalue weighted by Gasteiger charge is 2.25. The van der Waals surface area contributed by atoms with Gasteiger partial charge < -0.3 is 5.32 Å². The molecule has 1 heterocycles. The third-order valence-corrected chi connectivity index (χ3v) is 3.56. The maximum atomic E-state index is 12.0. The molecule has 4 nitrogen and oxygen atoms in total. The highest BCUT2D eigenvalue weighted by atomic mass is 35.5. The standard InChI is InChI=1S/C14H16ClN3O/c15-11-2-1-3-12(10-11)16-6-7-17-8-9-18(14(17)19)13-4-5-13/h1-3,8-10,13,16H,4-7H2. The number of halogens is 1. The molecule has 1 aromatic heterocycles. The molecule has 0 atom stereocenters. The first-order valence-corrected chi connectivity index (χ1v) is 6.88. The Balaban J connectivity index is 1.59. The van der Waals surface area contributed by atoms with Crippen molar-refractivity contribution in [3.05, 3.63) is 52.2 Å². The van der Waals surface area contributed by atoms with Gasteiger partial charge in [-0.25, -0.2) is 4.79 Å². The highest BCUT2D eigenvalue weighted by molar-refractivity contribution is 6.30. The molecule has 19 heavy (non-hydrogen) atoms. The third-order valence-electron chi connectivity index (χ3n) is 3.32. The number of nitrogens with one attached hydrogen (secondary N) is 1. The Morgan fingerprint density at radius 3 is 2.89 bits per heavy atom. The fourth-order valence-corrected chi connectivity index (χ4v) is 2.34. The maximum absolute atomic E-state index is 12.0. The summed E-state index contributed by atoms with van der Waals surface area (Å²) in [5.41, 5.74) is 1.07. The molecule has 0 amide bonds. The minimum absolute atomic E-state index is 0.0930. The zero-order valence-electron chi connectivity index (χ0n) is 10.6. The predicted octanol–water partition coefficient (Wildman–Crippen LogP) is 2.75. The molecule has 1 aliphatic carbocycles. The summed E-state index contributed by atoms with van der Waals surface area (Å²) >= 11 is 5.91. The van der Waals surface area contributed by atoms with Gasteiger partial charge in [0, 0.05) is 42.2 Å². The van der Waals surface area contributed by atoms with E-state index in [0.717, 1.165) is 18.5 Å². The quantitative estimate of drug-likeness (QED) is 0.913. The molecular formula is C14H16ClN3O. The van der Waals surface area contributed by atoms with Crippen LogP contribution in [0.4, 0.5) is 5.69 Å². The number of imidazole rings is 1. The molecule has 0 saturated heterocycles. The minimum atomic E-state index is 0.0930. The van der Waals surface area contributed by atoms with Crippen LogP contribution in [0.3, 0.4) is 0 Å². The van der Waals surface area contributed by atoms with Crippen molar-refractivity contribution in [2.24, 2.45) is 0 Å². The van der Waals surface area contributed by atoms with Gasteiger partial charge in [-0.3, -0.25) is 9.13 Å². The molecule has 0 radical (unpaired) electrons. The fourth-order valence-electron chi connectivity index (χ4n) is 2.15. The van der Waals surface area contributed by atoms with Crippen LogP contribution < -0.4 is 11.0 Å². The van der Waals surface area contributed by atoms with E-state index in [1.54, 1.807) is 4.57 Å². The second-order valence-electron chi connectivity index (χ2n) is 4.85. The molecule has 0 unspecified atom stereocenters. The number of rotatable bonds is 5. The SMILES string of the molecule is O=c1n(CCNc2cccc(Cl)c2)ccn1C1CC1. The summed E-state index contributed by atoms with van der Waals surface area (Å²) in [5, 5.41) is 3.97. The second kappa shape index (κ2) is 5.13. The van der Waals surface area contributed by atoms with Gasteiger partial charge in [0.05, 0.1) is 0 Å². The van der Waals surface area contributed by atoms with Crippen LogP contribution in [-0.2, 0) is 6.54 Å². The zero-order valence-corrected chi connectivity index (χ0v) is 11.3. The average molecular weight is 278 g/mol. The first-order valence-electron chi connectivity index (χ1n) is 6.51. The summed E-state index contributed by atoms with van der Waals surface area (Å²) in [6.07, 6.45) is 6.01. The minimum Gasteiger partial charge on any atom is -0.383 e. The van der Waals surface area contributed by atoms with Crippen LogP contribution in [0, 0.1) is 0 Å². The van der Waals surface area contributed by atoms with Gasteiger partial charge in [0.15, 0.2) is 0 Å². The van der Waals surface area contributed by atoms with E-state index < -0.39 is 0 Å². The molecule has 2 aromatic rings. The van der Waals surface area contributed by atoms with Crippen molar-refractivity contribution in [3.8, 4) is 0 Å². The Labute approximate surface area is 116 Å². The number of nitrogens with zero attached hydrogens (tertiary/aromatic N) is 2. The molecule has 0 aliphatic heterocycles. The van der Waals surface area contributed by atoms with E-state index in [-0.39, 0.29) is 5.69 Å². The van der Waals surface area contributed by atoms with E-state index in [1.807, 2.05) is 41.2 Å². The first kappa shape index (κ1) is 12.4. The van der Waals surface area contributed by atoms with Gasteiger partial charge in [0.2, 0.25) is 0 Å². The van der Waals surface area contributed by atoms with Gasteiger partial charge in [-0.05, 0) is 31.0 Å². The van der Waals surface area contributed by atoms with Gasteiger partial charge in [-0.1, -0.05) is 17.7 Å². The summed E-state index contributed by atoms with van der Waals surface area (Å²) < 4.78 is 3.58. The number of hydrogen-bond acceptors (Lipinski definition) is 2. The maximum Gasteiger partial charge on any atom is 0.328 e. The normalized spacial score (nSPS) is 14.6. The number of aromatic nitrogens is 2. The molecule has 3 rings (SSSR count). The summed E-state index contributed by atoms with van der Waals surface area (Å²) in [6, 6.07) is 8.02. The molecule has 1 saturated carbocycles. The van der Waals surface area contributed by atoms with Gasteiger partial charge in [0.1, 0.15) is 0 Å². The Morgan fingerprint density at radius 1 is 1.32 bits per heavy atom. The fraction of sp³-hybridized carbons (Fsp3) is 0.357. The Hall–Kier alpha value is -1.68. The Kier molecular flexibility index (Phi) is 3.34. The summed E-state index contributed by atoms with van der Waals surface area (Å²) in [7, 11) is 0. The van der Waals surface area contributed by atoms with Gasteiger partial charge in [0.25, 0.3) is 0 Å². The molecule has 0 spiro atoms. The number of hydrogen-bond donors (Lipinski definition) is 1. The number of anilines is 1. The van der Waals surface area contributed by atoms with Gasteiger partial charge in [-0.15, -0.1) is 0 Å². The van der Waals surface area contributed by atoms with Crippen molar-refractivity contribution in [2.75, 3.05) is 11.9 Å². The smallest absolute Gasteiger partial charge is 0.328 e. The molecule has 0 bridgehead atoms. The van der Waals surface area contributed by atoms with E-state index in [0.29, 0.717) is 24.2 Å². The number of benzene rings is 1. The van der Waals surface area contributed by atoms with Crippen molar-refractivity contribution < 1.29 is 0 Å². The lowest BCUT2D eigenvalue weighted by molar-refractivity contribution is 0.633. The van der Waals surface area contributed by atoms with E-state index in [2.05, 4.69) is 5.32 Å². The predicted molar refractivity (Wildman–Crippen MR) is 76.9 cm³/mol. The summed E-state index contributed by atoms with van der Waals surface area (Å²) in [4.78, 5) is 12.0. The van der Waals surface area contributed by atoms with Crippen LogP contribution in [-0.4, -0.2) is 15.7 Å². The third kappa shape index (κ3) is 2.84. The zero-order chi connectivity index (χ0) is 13.2. The molecule has 1 fully saturated rings. The van der Waals surface area contributed by atoms with Crippen LogP contribution in [0.15, 0.2) is 41.5 Å². The van der Waals surface area contributed by atoms with E-state index in [4.69, 9.17) is 11.6 Å². The van der Waals surface area contributed by atoms with Crippen LogP contribution in [0.2, 0.25) is 5.02 Å². The molecule has 1 N–H and O–H groups in total. The van der Waals surface area contributed by atoms with Crippen molar-refractivity contribution in [1.29, 1.82) is 0 Å². The van der Waals surface area contributed by atoms with Crippen molar-refractivity contribution >= 4 is 17.3 Å². The monoisotopic (exact) mass is 277 g/mol. The van der Waals surface area contributed by atoms with Crippen molar-refractivity contribution in [3.63, 3.8) is 0 Å². The van der Waals surface area contributed by atoms with Crippen LogP contribution in [0.1, 0.15) is 18.9 Å². The van der Waals surface area contributed by atoms with E-state index >= 15 is 0 Å². The van der Waals surface area contributed by atoms with Crippen LogP contribution in [0.25, 0.3) is 0 Å². The van der Waals surface area contributed by atoms with E-state index in [1.165, 1.54) is 0 Å². The second-order valence-corrected chi connectivity index (χ2v) is 5.29. The van der Waals surface area contributed by atoms with Crippen molar-refractivity contribution in [2.45, 2.75) is 25.4 Å². The Bertz CT molecular complexity index is 628. The summed E-state index contributed by atoms with van der Waals surface area (Å²) in [5.74, 6) is 0. The molecule has 100 valence electrons. The topological polar surface area (TPSA) is 39.0 Å². The van der Waals surface area contributed by atoms with Crippen LogP contribution >= 0.6 is 11.6 Å². The lowest BCUT2D eigenvalue weighted by atomic mass is 10.3. The van der Waals surface area contributed by atoms with Crippen LogP contribution in [0.5, 0.6) is 0 Å². The van der Waals surface area contributed by atoms with Gasteiger partial charge >= 0.3 is 5.69 Å². The lowest BCUT2D eigenvalue weighted by Crippen LogP contribution is -2.25. The van der Waals surface area contributed by atoms with Gasteiger partial charge in [-0.2, -0.15) is 0 Å². The molecule has 5 heteroatoms. The summed E-state index contributed by atoms with van der Waals surface area (Å²) in [6.45, 7) is 1.36. The Morgan fingerprint density at radius 2 is 2.16 bits per heavy atom. The van der Waals surface area contributed by atoms with E-state index in [9.17, 15) is 4.79 Å². The molecular weight excluding hydrogens is 262 g/mol. The first-order chi connectivity index (χ1) is 9.24. The lowest BCUT2D eigenvalue weighted by Gasteiger charge is -2.06. The average Bonchev–Trinajstić information content (AvgIpc) is 3.16.